The molecule has 0 aliphatic carbocycles. The van der Waals surface area contributed by atoms with Crippen molar-refractivity contribution in [3.63, 3.8) is 0 Å². The van der Waals surface area contributed by atoms with Crippen molar-refractivity contribution in [2.45, 2.75) is 13.5 Å². The highest BCUT2D eigenvalue weighted by molar-refractivity contribution is 7.17. The Morgan fingerprint density at radius 1 is 1.13 bits per heavy atom. The van der Waals surface area contributed by atoms with Gasteiger partial charge in [-0.1, -0.05) is 30.3 Å². The molecule has 0 radical (unpaired) electrons. The number of aryl methyl sites for hydroxylation is 1. The van der Waals surface area contributed by atoms with Gasteiger partial charge in [-0.3, -0.25) is 0 Å². The van der Waals surface area contributed by atoms with E-state index in [1.807, 2.05) is 31.2 Å². The molecule has 1 aromatic carbocycles. The Hall–Kier alpha value is -2.66. The van der Waals surface area contributed by atoms with Crippen molar-refractivity contribution in [2.24, 2.45) is 0 Å². The van der Waals surface area contributed by atoms with Crippen LogP contribution in [0.5, 0.6) is 0 Å². The van der Waals surface area contributed by atoms with Crippen molar-refractivity contribution < 1.29 is 4.42 Å². The summed E-state index contributed by atoms with van der Waals surface area (Å²) in [6.07, 6.45) is 3.42. The minimum atomic E-state index is 0.673. The predicted molar refractivity (Wildman–Crippen MR) is 93.6 cm³/mol. The predicted octanol–water partition coefficient (Wildman–Crippen LogP) is 4.87. The lowest BCUT2D eigenvalue weighted by atomic mass is 10.1. The summed E-state index contributed by atoms with van der Waals surface area (Å²) in [5, 5.41) is 6.65. The SMILES string of the molecule is Cc1nc(NCc2ccoc2)c2c(-c3ccccc3)csc2n1. The van der Waals surface area contributed by atoms with Crippen LogP contribution in [0, 0.1) is 6.92 Å². The number of anilines is 1. The lowest BCUT2D eigenvalue weighted by Gasteiger charge is -2.08. The van der Waals surface area contributed by atoms with E-state index in [2.05, 4.69) is 32.8 Å². The summed E-state index contributed by atoms with van der Waals surface area (Å²) in [6, 6.07) is 12.3. The van der Waals surface area contributed by atoms with Crippen molar-refractivity contribution in [1.82, 2.24) is 9.97 Å². The van der Waals surface area contributed by atoms with Crippen LogP contribution in [-0.4, -0.2) is 9.97 Å². The lowest BCUT2D eigenvalue weighted by molar-refractivity contribution is 0.564. The fourth-order valence-corrected chi connectivity index (χ4v) is 3.58. The quantitative estimate of drug-likeness (QED) is 0.582. The maximum atomic E-state index is 5.12. The maximum absolute atomic E-state index is 5.12. The summed E-state index contributed by atoms with van der Waals surface area (Å²) in [6.45, 7) is 2.59. The second kappa shape index (κ2) is 5.85. The van der Waals surface area contributed by atoms with E-state index in [0.717, 1.165) is 27.4 Å². The van der Waals surface area contributed by atoms with Crippen LogP contribution >= 0.6 is 11.3 Å². The third kappa shape index (κ3) is 2.71. The zero-order valence-electron chi connectivity index (χ0n) is 12.6. The molecule has 0 atom stereocenters. The zero-order chi connectivity index (χ0) is 15.6. The molecule has 0 spiro atoms. The minimum absolute atomic E-state index is 0.673. The molecule has 0 fully saturated rings. The number of benzene rings is 1. The number of furan rings is 1. The number of rotatable bonds is 4. The number of thiophene rings is 1. The molecule has 0 aliphatic rings. The third-order valence-electron chi connectivity index (χ3n) is 3.67. The Bertz CT molecular complexity index is 930. The summed E-state index contributed by atoms with van der Waals surface area (Å²) in [7, 11) is 0. The van der Waals surface area contributed by atoms with Crippen LogP contribution in [0.4, 0.5) is 5.82 Å². The number of nitrogens with one attached hydrogen (secondary N) is 1. The molecule has 23 heavy (non-hydrogen) atoms. The highest BCUT2D eigenvalue weighted by Gasteiger charge is 2.14. The van der Waals surface area contributed by atoms with E-state index in [1.54, 1.807) is 23.9 Å². The van der Waals surface area contributed by atoms with Crippen molar-refractivity contribution in [1.29, 1.82) is 0 Å². The van der Waals surface area contributed by atoms with Crippen LogP contribution in [0.1, 0.15) is 11.4 Å². The van der Waals surface area contributed by atoms with Crippen LogP contribution in [-0.2, 0) is 6.54 Å². The van der Waals surface area contributed by atoms with E-state index < -0.39 is 0 Å². The summed E-state index contributed by atoms with van der Waals surface area (Å²) < 4.78 is 5.12. The van der Waals surface area contributed by atoms with Crippen LogP contribution in [0.3, 0.4) is 0 Å². The monoisotopic (exact) mass is 321 g/mol. The van der Waals surface area contributed by atoms with Gasteiger partial charge < -0.3 is 9.73 Å². The van der Waals surface area contributed by atoms with Gasteiger partial charge >= 0.3 is 0 Å². The average molecular weight is 321 g/mol. The van der Waals surface area contributed by atoms with Gasteiger partial charge in [0.05, 0.1) is 17.9 Å². The first kappa shape index (κ1) is 14.0. The first-order chi connectivity index (χ1) is 11.3. The van der Waals surface area contributed by atoms with Gasteiger partial charge in [0.25, 0.3) is 0 Å². The van der Waals surface area contributed by atoms with Gasteiger partial charge in [-0.05, 0) is 18.6 Å². The second-order valence-corrected chi connectivity index (χ2v) is 6.16. The smallest absolute Gasteiger partial charge is 0.139 e. The van der Waals surface area contributed by atoms with Gasteiger partial charge in [0.2, 0.25) is 0 Å². The van der Waals surface area contributed by atoms with E-state index in [1.165, 1.54) is 11.1 Å². The Morgan fingerprint density at radius 3 is 2.78 bits per heavy atom. The molecule has 0 unspecified atom stereocenters. The number of fused-ring (bicyclic) bond motifs is 1. The van der Waals surface area contributed by atoms with Gasteiger partial charge in [0.1, 0.15) is 16.5 Å². The standard InChI is InChI=1S/C18H15N3OS/c1-12-20-17(19-9-13-7-8-22-10-13)16-15(11-23-18(16)21-12)14-5-3-2-4-6-14/h2-8,10-11H,9H2,1H3,(H,19,20,21). The Balaban J connectivity index is 1.80. The van der Waals surface area contributed by atoms with Crippen molar-refractivity contribution in [3.05, 3.63) is 65.7 Å². The van der Waals surface area contributed by atoms with Gasteiger partial charge in [-0.25, -0.2) is 9.97 Å². The molecule has 114 valence electrons. The summed E-state index contributed by atoms with van der Waals surface area (Å²) in [5.74, 6) is 1.64. The molecule has 4 aromatic rings. The summed E-state index contributed by atoms with van der Waals surface area (Å²) >= 11 is 1.65. The van der Waals surface area contributed by atoms with Gasteiger partial charge in [-0.2, -0.15) is 0 Å². The van der Waals surface area contributed by atoms with Crippen molar-refractivity contribution in [2.75, 3.05) is 5.32 Å². The number of nitrogens with zero attached hydrogens (tertiary/aromatic N) is 2. The highest BCUT2D eigenvalue weighted by atomic mass is 32.1. The van der Waals surface area contributed by atoms with Crippen molar-refractivity contribution >= 4 is 27.4 Å². The molecule has 0 aliphatic heterocycles. The second-order valence-electron chi connectivity index (χ2n) is 5.30. The largest absolute Gasteiger partial charge is 0.472 e. The topological polar surface area (TPSA) is 51.0 Å². The van der Waals surface area contributed by atoms with Gasteiger partial charge in [0, 0.05) is 23.1 Å². The molecular weight excluding hydrogens is 306 g/mol. The molecule has 0 saturated heterocycles. The first-order valence-corrected chi connectivity index (χ1v) is 8.25. The number of hydrogen-bond acceptors (Lipinski definition) is 5. The van der Waals surface area contributed by atoms with E-state index in [9.17, 15) is 0 Å². The molecule has 1 N–H and O–H groups in total. The van der Waals surface area contributed by atoms with Crippen LogP contribution < -0.4 is 5.32 Å². The first-order valence-electron chi connectivity index (χ1n) is 7.37. The van der Waals surface area contributed by atoms with E-state index in [-0.39, 0.29) is 0 Å². The number of hydrogen-bond donors (Lipinski definition) is 1. The Kier molecular flexibility index (Phi) is 3.55. The molecule has 0 bridgehead atoms. The van der Waals surface area contributed by atoms with E-state index in [4.69, 9.17) is 4.42 Å². The minimum Gasteiger partial charge on any atom is -0.472 e. The Labute approximate surface area is 137 Å². The van der Waals surface area contributed by atoms with Crippen LogP contribution in [0.15, 0.2) is 58.7 Å². The van der Waals surface area contributed by atoms with E-state index in [0.29, 0.717) is 6.54 Å². The molecule has 0 amide bonds. The molecule has 3 aromatic heterocycles. The molecule has 3 heterocycles. The maximum Gasteiger partial charge on any atom is 0.139 e. The molecular formula is C18H15N3OS. The van der Waals surface area contributed by atoms with Gasteiger partial charge in [0.15, 0.2) is 0 Å². The summed E-state index contributed by atoms with van der Waals surface area (Å²) in [5.41, 5.74) is 3.43. The van der Waals surface area contributed by atoms with Crippen LogP contribution in [0.25, 0.3) is 21.3 Å². The Morgan fingerprint density at radius 2 is 2.00 bits per heavy atom. The van der Waals surface area contributed by atoms with Crippen LogP contribution in [0.2, 0.25) is 0 Å². The fourth-order valence-electron chi connectivity index (χ4n) is 2.59. The fraction of sp³-hybridized carbons (Fsp3) is 0.111. The molecule has 0 saturated carbocycles. The summed E-state index contributed by atoms with van der Waals surface area (Å²) in [4.78, 5) is 10.2. The number of aromatic nitrogens is 2. The van der Waals surface area contributed by atoms with Gasteiger partial charge in [-0.15, -0.1) is 11.3 Å². The van der Waals surface area contributed by atoms with Crippen molar-refractivity contribution in [3.8, 4) is 11.1 Å². The third-order valence-corrected chi connectivity index (χ3v) is 4.54. The highest BCUT2D eigenvalue weighted by Crippen LogP contribution is 2.36. The molecule has 4 rings (SSSR count). The molecule has 5 heteroatoms. The normalized spacial score (nSPS) is 11.0. The average Bonchev–Trinajstić information content (AvgIpc) is 3.23. The zero-order valence-corrected chi connectivity index (χ0v) is 13.4. The lowest BCUT2D eigenvalue weighted by Crippen LogP contribution is -2.03. The van der Waals surface area contributed by atoms with E-state index >= 15 is 0 Å². The molecule has 4 nitrogen and oxygen atoms in total.